The number of aliphatic imine (C=N–C) groups is 1. The van der Waals surface area contributed by atoms with Gasteiger partial charge in [-0.1, -0.05) is 27.5 Å². The fraction of sp³-hybridized carbons (Fsp3) is 0. The van der Waals surface area contributed by atoms with Gasteiger partial charge < -0.3 is 9.52 Å². The highest BCUT2D eigenvalue weighted by molar-refractivity contribution is 14.1. The van der Waals surface area contributed by atoms with Gasteiger partial charge in [-0.3, -0.25) is 4.99 Å². The normalized spacial score (nSPS) is 11.5. The van der Waals surface area contributed by atoms with E-state index in [4.69, 9.17) is 16.0 Å². The molecule has 4 rings (SSSR count). The van der Waals surface area contributed by atoms with Crippen molar-refractivity contribution in [2.75, 3.05) is 0 Å². The largest absolute Gasteiger partial charge is 0.507 e. The molecule has 0 bridgehead atoms. The number of aromatic nitrogens is 1. The smallest absolute Gasteiger partial charge is 0.228 e. The number of phenols is 1. The second kappa shape index (κ2) is 7.61. The van der Waals surface area contributed by atoms with Crippen LogP contribution in [0.1, 0.15) is 5.56 Å². The number of oxazole rings is 1. The van der Waals surface area contributed by atoms with Crippen LogP contribution in [0.25, 0.3) is 22.6 Å². The molecule has 0 saturated heterocycles. The molecule has 0 spiro atoms. The van der Waals surface area contributed by atoms with Crippen LogP contribution in [0.5, 0.6) is 5.75 Å². The SMILES string of the molecule is Oc1ccc(Br)cc1C=Nc1ccc2oc(-c3cc(I)ccc3Cl)nc2c1. The summed E-state index contributed by atoms with van der Waals surface area (Å²) in [5.74, 6) is 0.638. The molecule has 0 aliphatic rings. The molecule has 1 aromatic heterocycles. The van der Waals surface area contributed by atoms with Gasteiger partial charge in [-0.2, -0.15) is 0 Å². The summed E-state index contributed by atoms with van der Waals surface area (Å²) in [5, 5.41) is 10.5. The van der Waals surface area contributed by atoms with Gasteiger partial charge in [0.15, 0.2) is 5.58 Å². The van der Waals surface area contributed by atoms with Crippen molar-refractivity contribution < 1.29 is 9.52 Å². The number of hydrogen-bond donors (Lipinski definition) is 1. The lowest BCUT2D eigenvalue weighted by molar-refractivity contribution is 0.474. The lowest BCUT2D eigenvalue weighted by atomic mass is 10.2. The van der Waals surface area contributed by atoms with Crippen molar-refractivity contribution in [1.29, 1.82) is 0 Å². The molecule has 0 unspecified atom stereocenters. The summed E-state index contributed by atoms with van der Waals surface area (Å²) in [6.45, 7) is 0. The number of nitrogens with zero attached hydrogens (tertiary/aromatic N) is 2. The van der Waals surface area contributed by atoms with Gasteiger partial charge in [0.1, 0.15) is 11.3 Å². The topological polar surface area (TPSA) is 58.6 Å². The highest BCUT2D eigenvalue weighted by atomic mass is 127. The van der Waals surface area contributed by atoms with Crippen LogP contribution in [0, 0.1) is 3.57 Å². The second-order valence-electron chi connectivity index (χ2n) is 5.76. The molecule has 0 amide bonds. The average molecular weight is 554 g/mol. The zero-order valence-electron chi connectivity index (χ0n) is 13.7. The van der Waals surface area contributed by atoms with Crippen molar-refractivity contribution in [2.24, 2.45) is 4.99 Å². The Hall–Kier alpha value is -1.90. The Labute approximate surface area is 182 Å². The first kappa shape index (κ1) is 18.5. The maximum Gasteiger partial charge on any atom is 0.228 e. The van der Waals surface area contributed by atoms with E-state index in [-0.39, 0.29) is 5.75 Å². The predicted molar refractivity (Wildman–Crippen MR) is 120 cm³/mol. The van der Waals surface area contributed by atoms with E-state index in [9.17, 15) is 5.11 Å². The standard InChI is InChI=1S/C20H11BrClIN2O2/c21-12-1-5-18(26)11(7-12)10-24-14-3-6-19-17(9-14)25-20(27-19)15-8-13(23)2-4-16(15)22/h1-10,26H. The maximum absolute atomic E-state index is 9.91. The molecule has 0 fully saturated rings. The molecule has 27 heavy (non-hydrogen) atoms. The molecule has 0 atom stereocenters. The van der Waals surface area contributed by atoms with E-state index in [1.54, 1.807) is 24.4 Å². The van der Waals surface area contributed by atoms with Crippen LogP contribution in [0.2, 0.25) is 5.02 Å². The minimum absolute atomic E-state index is 0.167. The van der Waals surface area contributed by atoms with Crippen molar-refractivity contribution in [3.05, 3.63) is 73.2 Å². The number of aromatic hydroxyl groups is 1. The first-order valence-electron chi connectivity index (χ1n) is 7.88. The Balaban J connectivity index is 1.70. The Kier molecular flexibility index (Phi) is 5.21. The minimum atomic E-state index is 0.167. The minimum Gasteiger partial charge on any atom is -0.507 e. The van der Waals surface area contributed by atoms with E-state index >= 15 is 0 Å². The van der Waals surface area contributed by atoms with Crippen LogP contribution in [-0.4, -0.2) is 16.3 Å². The monoisotopic (exact) mass is 552 g/mol. The average Bonchev–Trinajstić information content (AvgIpc) is 3.07. The third kappa shape index (κ3) is 4.02. The van der Waals surface area contributed by atoms with Gasteiger partial charge in [0.05, 0.1) is 16.3 Å². The first-order chi connectivity index (χ1) is 13.0. The fourth-order valence-corrected chi connectivity index (χ4v) is 3.61. The maximum atomic E-state index is 9.91. The van der Waals surface area contributed by atoms with Crippen molar-refractivity contribution in [3.63, 3.8) is 0 Å². The lowest BCUT2D eigenvalue weighted by Gasteiger charge is -1.99. The van der Waals surface area contributed by atoms with Crippen LogP contribution in [-0.2, 0) is 0 Å². The molecule has 1 heterocycles. The molecule has 4 nitrogen and oxygen atoms in total. The Morgan fingerprint density at radius 3 is 2.81 bits per heavy atom. The molecular formula is C20H11BrClIN2O2. The summed E-state index contributed by atoms with van der Waals surface area (Å²) < 4.78 is 7.76. The van der Waals surface area contributed by atoms with Gasteiger partial charge in [0, 0.05) is 19.8 Å². The summed E-state index contributed by atoms with van der Waals surface area (Å²) in [4.78, 5) is 8.97. The van der Waals surface area contributed by atoms with Crippen LogP contribution >= 0.6 is 50.1 Å². The fourth-order valence-electron chi connectivity index (χ4n) is 2.55. The molecule has 1 N–H and O–H groups in total. The molecule has 0 saturated carbocycles. The van der Waals surface area contributed by atoms with Crippen LogP contribution in [0.3, 0.4) is 0 Å². The summed E-state index contributed by atoms with van der Waals surface area (Å²) in [5.41, 5.74) is 3.42. The number of rotatable bonds is 3. The highest BCUT2D eigenvalue weighted by Crippen LogP contribution is 2.32. The summed E-state index contributed by atoms with van der Waals surface area (Å²) >= 11 is 11.9. The van der Waals surface area contributed by atoms with E-state index in [2.05, 4.69) is 48.5 Å². The third-order valence-electron chi connectivity index (χ3n) is 3.87. The molecule has 0 aliphatic carbocycles. The van der Waals surface area contributed by atoms with Gasteiger partial charge in [0.25, 0.3) is 0 Å². The van der Waals surface area contributed by atoms with E-state index in [0.29, 0.717) is 33.3 Å². The third-order valence-corrected chi connectivity index (χ3v) is 5.37. The van der Waals surface area contributed by atoms with Crippen LogP contribution in [0.15, 0.2) is 68.5 Å². The van der Waals surface area contributed by atoms with Crippen LogP contribution in [0.4, 0.5) is 5.69 Å². The lowest BCUT2D eigenvalue weighted by Crippen LogP contribution is -1.82. The van der Waals surface area contributed by atoms with Gasteiger partial charge in [-0.05, 0) is 77.2 Å². The summed E-state index contributed by atoms with van der Waals surface area (Å²) in [6, 6.07) is 16.4. The molecule has 0 aliphatic heterocycles. The van der Waals surface area contributed by atoms with Gasteiger partial charge >= 0.3 is 0 Å². The zero-order valence-corrected chi connectivity index (χ0v) is 18.2. The van der Waals surface area contributed by atoms with Crippen molar-refractivity contribution in [2.45, 2.75) is 0 Å². The van der Waals surface area contributed by atoms with E-state index in [1.807, 2.05) is 36.4 Å². The van der Waals surface area contributed by atoms with E-state index in [0.717, 1.165) is 13.6 Å². The number of phenolic OH excluding ortho intramolecular Hbond substituents is 1. The quantitative estimate of drug-likeness (QED) is 0.220. The van der Waals surface area contributed by atoms with E-state index in [1.165, 1.54) is 0 Å². The second-order valence-corrected chi connectivity index (χ2v) is 8.33. The first-order valence-corrected chi connectivity index (χ1v) is 10.1. The number of halogens is 3. The van der Waals surface area contributed by atoms with Crippen LogP contribution < -0.4 is 0 Å². The van der Waals surface area contributed by atoms with Crippen molar-refractivity contribution >= 4 is 73.1 Å². The predicted octanol–water partition coefficient (Wildman–Crippen LogP) is 6.97. The molecule has 7 heteroatoms. The molecular weight excluding hydrogens is 542 g/mol. The molecule has 3 aromatic carbocycles. The molecule has 0 radical (unpaired) electrons. The Bertz CT molecular complexity index is 1190. The van der Waals surface area contributed by atoms with Crippen molar-refractivity contribution in [1.82, 2.24) is 4.98 Å². The molecule has 4 aromatic rings. The Morgan fingerprint density at radius 2 is 1.96 bits per heavy atom. The number of fused-ring (bicyclic) bond motifs is 1. The zero-order chi connectivity index (χ0) is 19.0. The molecule has 134 valence electrons. The van der Waals surface area contributed by atoms with Gasteiger partial charge in [0.2, 0.25) is 5.89 Å². The van der Waals surface area contributed by atoms with Gasteiger partial charge in [-0.15, -0.1) is 0 Å². The Morgan fingerprint density at radius 1 is 1.11 bits per heavy atom. The highest BCUT2D eigenvalue weighted by Gasteiger charge is 2.12. The number of hydrogen-bond acceptors (Lipinski definition) is 4. The van der Waals surface area contributed by atoms with Crippen molar-refractivity contribution in [3.8, 4) is 17.2 Å². The number of benzene rings is 3. The van der Waals surface area contributed by atoms with E-state index < -0.39 is 0 Å². The summed E-state index contributed by atoms with van der Waals surface area (Å²) in [6.07, 6.45) is 1.61. The summed E-state index contributed by atoms with van der Waals surface area (Å²) in [7, 11) is 0. The van der Waals surface area contributed by atoms with Gasteiger partial charge in [-0.25, -0.2) is 4.98 Å².